The molecule has 0 aromatic carbocycles. The zero-order chi connectivity index (χ0) is 18.5. The zero-order valence-corrected chi connectivity index (χ0v) is 14.8. The predicted molar refractivity (Wildman–Crippen MR) is 100 cm³/mol. The smallest absolute Gasteiger partial charge is 0.289 e. The van der Waals surface area contributed by atoms with E-state index in [-0.39, 0.29) is 5.91 Å². The number of piperazine rings is 1. The Labute approximate surface area is 156 Å². The molecule has 4 rings (SSSR count). The second kappa shape index (κ2) is 7.86. The highest BCUT2D eigenvalue weighted by Crippen LogP contribution is 2.16. The van der Waals surface area contributed by atoms with Crippen LogP contribution in [0.15, 0.2) is 59.6 Å². The van der Waals surface area contributed by atoms with Crippen LogP contribution in [-0.2, 0) is 6.54 Å². The second-order valence-electron chi connectivity index (χ2n) is 6.20. The van der Waals surface area contributed by atoms with E-state index in [9.17, 15) is 4.79 Å². The van der Waals surface area contributed by atoms with Crippen molar-refractivity contribution in [2.24, 2.45) is 0 Å². The molecule has 1 saturated heterocycles. The van der Waals surface area contributed by atoms with Crippen molar-refractivity contribution in [2.45, 2.75) is 6.54 Å². The quantitative estimate of drug-likeness (QED) is 0.741. The van der Waals surface area contributed by atoms with Gasteiger partial charge in [-0.3, -0.25) is 9.78 Å². The molecule has 1 N–H and O–H groups in total. The van der Waals surface area contributed by atoms with Crippen LogP contribution in [0.1, 0.15) is 16.1 Å². The van der Waals surface area contributed by atoms with E-state index in [1.807, 2.05) is 18.2 Å². The number of carbonyl (C=O) groups excluding carboxylic acids is 1. The fourth-order valence-corrected chi connectivity index (χ4v) is 2.99. The van der Waals surface area contributed by atoms with Crippen molar-refractivity contribution in [3.63, 3.8) is 0 Å². The molecule has 0 atom stereocenters. The molecule has 3 aromatic heterocycles. The molecule has 1 fully saturated rings. The normalized spacial score (nSPS) is 14.2. The van der Waals surface area contributed by atoms with Crippen LogP contribution in [0.3, 0.4) is 0 Å². The van der Waals surface area contributed by atoms with Crippen molar-refractivity contribution in [3.05, 3.63) is 66.5 Å². The lowest BCUT2D eigenvalue weighted by molar-refractivity contribution is 0.0714. The molecule has 8 heteroatoms. The number of amides is 1. The van der Waals surface area contributed by atoms with Gasteiger partial charge in [-0.05, 0) is 35.9 Å². The molecule has 3 aromatic rings. The predicted octanol–water partition coefficient (Wildman–Crippen LogP) is 2.04. The number of aromatic nitrogens is 3. The van der Waals surface area contributed by atoms with Crippen LogP contribution in [0.2, 0.25) is 0 Å². The van der Waals surface area contributed by atoms with Gasteiger partial charge in [0.1, 0.15) is 5.82 Å². The van der Waals surface area contributed by atoms with Crippen molar-refractivity contribution in [3.8, 4) is 0 Å². The van der Waals surface area contributed by atoms with E-state index >= 15 is 0 Å². The number of rotatable bonds is 5. The number of hydrogen-bond donors (Lipinski definition) is 1. The number of pyridine rings is 1. The van der Waals surface area contributed by atoms with Gasteiger partial charge in [0.25, 0.3) is 5.91 Å². The Hall–Kier alpha value is -3.42. The van der Waals surface area contributed by atoms with Gasteiger partial charge in [0.15, 0.2) is 5.76 Å². The average molecular weight is 364 g/mol. The molecule has 138 valence electrons. The Bertz CT molecular complexity index is 876. The Morgan fingerprint density at radius 1 is 1.07 bits per heavy atom. The molecule has 0 saturated carbocycles. The minimum absolute atomic E-state index is 0.0676. The summed E-state index contributed by atoms with van der Waals surface area (Å²) in [5.41, 5.74) is 1.11. The average Bonchev–Trinajstić information content (AvgIpc) is 3.28. The molecule has 0 unspecified atom stereocenters. The van der Waals surface area contributed by atoms with Gasteiger partial charge < -0.3 is 19.5 Å². The third-order valence-electron chi connectivity index (χ3n) is 4.46. The number of nitrogens with zero attached hydrogens (tertiary/aromatic N) is 5. The first-order valence-corrected chi connectivity index (χ1v) is 8.83. The minimum Gasteiger partial charge on any atom is -0.459 e. The Morgan fingerprint density at radius 3 is 2.63 bits per heavy atom. The Balaban J connectivity index is 1.35. The standard InChI is InChI=1S/C19H20N6O2/c26-18(16-2-1-13-27-16)25-11-9-24(10-12-25)17-5-8-21-19(23-17)22-14-15-3-6-20-7-4-15/h1-8,13H,9-12,14H2,(H,21,22,23). The number of anilines is 2. The summed E-state index contributed by atoms with van der Waals surface area (Å²) in [6, 6.07) is 9.21. The van der Waals surface area contributed by atoms with Gasteiger partial charge in [0.05, 0.1) is 6.26 Å². The molecule has 1 aliphatic heterocycles. The number of hydrogen-bond acceptors (Lipinski definition) is 7. The molecule has 0 aliphatic carbocycles. The fraction of sp³-hybridized carbons (Fsp3) is 0.263. The van der Waals surface area contributed by atoms with Crippen molar-refractivity contribution in [1.29, 1.82) is 0 Å². The van der Waals surface area contributed by atoms with Crippen LogP contribution >= 0.6 is 0 Å². The van der Waals surface area contributed by atoms with Crippen molar-refractivity contribution in [2.75, 3.05) is 36.4 Å². The van der Waals surface area contributed by atoms with E-state index in [1.54, 1.807) is 35.6 Å². The van der Waals surface area contributed by atoms with Crippen LogP contribution in [0.5, 0.6) is 0 Å². The molecule has 1 aliphatic rings. The Morgan fingerprint density at radius 2 is 1.89 bits per heavy atom. The van der Waals surface area contributed by atoms with Crippen molar-refractivity contribution < 1.29 is 9.21 Å². The molecule has 1 amide bonds. The fourth-order valence-electron chi connectivity index (χ4n) is 2.99. The highest BCUT2D eigenvalue weighted by molar-refractivity contribution is 5.91. The first kappa shape index (κ1) is 17.0. The van der Waals surface area contributed by atoms with E-state index in [4.69, 9.17) is 4.42 Å². The molecule has 8 nitrogen and oxygen atoms in total. The lowest BCUT2D eigenvalue weighted by Crippen LogP contribution is -2.49. The minimum atomic E-state index is -0.0676. The summed E-state index contributed by atoms with van der Waals surface area (Å²) < 4.78 is 5.20. The summed E-state index contributed by atoms with van der Waals surface area (Å²) >= 11 is 0. The molecule has 0 bridgehead atoms. The molecular weight excluding hydrogens is 344 g/mol. The largest absolute Gasteiger partial charge is 0.459 e. The van der Waals surface area contributed by atoms with Gasteiger partial charge in [0, 0.05) is 51.3 Å². The molecular formula is C19H20N6O2. The van der Waals surface area contributed by atoms with Crippen molar-refractivity contribution >= 4 is 17.7 Å². The van der Waals surface area contributed by atoms with Crippen LogP contribution in [0, 0.1) is 0 Å². The first-order chi connectivity index (χ1) is 13.3. The van der Waals surface area contributed by atoms with E-state index in [0.717, 1.165) is 11.4 Å². The van der Waals surface area contributed by atoms with Gasteiger partial charge in [-0.15, -0.1) is 0 Å². The summed E-state index contributed by atoms with van der Waals surface area (Å²) in [4.78, 5) is 29.2. The van der Waals surface area contributed by atoms with Gasteiger partial charge in [0.2, 0.25) is 5.95 Å². The van der Waals surface area contributed by atoms with Crippen molar-refractivity contribution in [1.82, 2.24) is 19.9 Å². The van der Waals surface area contributed by atoms with Crippen LogP contribution < -0.4 is 10.2 Å². The molecule has 4 heterocycles. The third kappa shape index (κ3) is 4.05. The highest BCUT2D eigenvalue weighted by Gasteiger charge is 2.24. The van der Waals surface area contributed by atoms with E-state index < -0.39 is 0 Å². The van der Waals surface area contributed by atoms with E-state index in [2.05, 4.69) is 25.2 Å². The monoisotopic (exact) mass is 364 g/mol. The maximum Gasteiger partial charge on any atom is 0.289 e. The Kier molecular flexibility index (Phi) is 4.95. The lowest BCUT2D eigenvalue weighted by atomic mass is 10.3. The van der Waals surface area contributed by atoms with Crippen LogP contribution in [0.25, 0.3) is 0 Å². The molecule has 27 heavy (non-hydrogen) atoms. The summed E-state index contributed by atoms with van der Waals surface area (Å²) in [6.45, 7) is 3.32. The maximum absolute atomic E-state index is 12.4. The number of carbonyl (C=O) groups is 1. The second-order valence-corrected chi connectivity index (χ2v) is 6.20. The van der Waals surface area contributed by atoms with Crippen LogP contribution in [-0.4, -0.2) is 51.9 Å². The topological polar surface area (TPSA) is 87.4 Å². The SMILES string of the molecule is O=C(c1ccco1)N1CCN(c2ccnc(NCc3ccncc3)n2)CC1. The summed E-state index contributed by atoms with van der Waals surface area (Å²) in [7, 11) is 0. The lowest BCUT2D eigenvalue weighted by Gasteiger charge is -2.35. The van der Waals surface area contributed by atoms with Crippen LogP contribution in [0.4, 0.5) is 11.8 Å². The third-order valence-corrected chi connectivity index (χ3v) is 4.46. The maximum atomic E-state index is 12.4. The molecule has 0 radical (unpaired) electrons. The van der Waals surface area contributed by atoms with Gasteiger partial charge in [-0.2, -0.15) is 4.98 Å². The summed E-state index contributed by atoms with van der Waals surface area (Å²) in [6.07, 6.45) is 6.79. The van der Waals surface area contributed by atoms with E-state index in [0.29, 0.717) is 44.4 Å². The van der Waals surface area contributed by atoms with E-state index in [1.165, 1.54) is 6.26 Å². The zero-order valence-electron chi connectivity index (χ0n) is 14.8. The number of furan rings is 1. The molecule has 0 spiro atoms. The van der Waals surface area contributed by atoms with Gasteiger partial charge in [-0.25, -0.2) is 4.98 Å². The van der Waals surface area contributed by atoms with Gasteiger partial charge in [-0.1, -0.05) is 0 Å². The first-order valence-electron chi connectivity index (χ1n) is 8.83. The highest BCUT2D eigenvalue weighted by atomic mass is 16.3. The van der Waals surface area contributed by atoms with Gasteiger partial charge >= 0.3 is 0 Å². The summed E-state index contributed by atoms with van der Waals surface area (Å²) in [5, 5.41) is 3.23. The summed E-state index contributed by atoms with van der Waals surface area (Å²) in [5.74, 6) is 1.75. The number of nitrogens with one attached hydrogen (secondary N) is 1.